The highest BCUT2D eigenvalue weighted by molar-refractivity contribution is 7.09. The molecule has 3 heteroatoms. The zero-order valence-electron chi connectivity index (χ0n) is 9.34. The van der Waals surface area contributed by atoms with Crippen molar-refractivity contribution in [2.45, 2.75) is 6.92 Å². The number of benzene rings is 2. The Morgan fingerprint density at radius 2 is 1.76 bits per heavy atom. The summed E-state index contributed by atoms with van der Waals surface area (Å²) in [5, 5.41) is 11.6. The maximum Gasteiger partial charge on any atom is 0.116 e. The van der Waals surface area contributed by atoms with Gasteiger partial charge in [0.05, 0.1) is 10.6 Å². The van der Waals surface area contributed by atoms with Crippen LogP contribution in [0.1, 0.15) is 5.69 Å². The lowest BCUT2D eigenvalue weighted by Crippen LogP contribution is -1.76. The van der Waals surface area contributed by atoms with Crippen LogP contribution in [0.25, 0.3) is 21.2 Å². The minimum absolute atomic E-state index is 0.305. The maximum absolute atomic E-state index is 9.41. The first-order chi connectivity index (χ1) is 8.22. The van der Waals surface area contributed by atoms with Crippen LogP contribution in [0, 0.1) is 6.92 Å². The largest absolute Gasteiger partial charge is 0.508 e. The minimum atomic E-state index is 0.305. The average Bonchev–Trinajstić information content (AvgIpc) is 2.75. The normalized spacial score (nSPS) is 10.9. The van der Waals surface area contributed by atoms with Gasteiger partial charge in [0.15, 0.2) is 0 Å². The van der Waals surface area contributed by atoms with E-state index in [-0.39, 0.29) is 0 Å². The smallest absolute Gasteiger partial charge is 0.116 e. The van der Waals surface area contributed by atoms with E-state index in [4.69, 9.17) is 0 Å². The van der Waals surface area contributed by atoms with E-state index in [0.29, 0.717) is 5.75 Å². The number of nitrogens with zero attached hydrogens (tertiary/aromatic N) is 1. The topological polar surface area (TPSA) is 33.1 Å². The molecule has 17 heavy (non-hydrogen) atoms. The van der Waals surface area contributed by atoms with Crippen LogP contribution in [-0.4, -0.2) is 9.48 Å². The fourth-order valence-electron chi connectivity index (χ4n) is 1.89. The lowest BCUT2D eigenvalue weighted by molar-refractivity contribution is 0.476. The summed E-state index contributed by atoms with van der Waals surface area (Å²) in [6, 6.07) is 13.7. The third-order valence-electron chi connectivity index (χ3n) is 2.74. The zero-order chi connectivity index (χ0) is 11.8. The van der Waals surface area contributed by atoms with E-state index in [1.165, 1.54) is 22.0 Å². The van der Waals surface area contributed by atoms with Crippen LogP contribution in [-0.2, 0) is 0 Å². The Labute approximate surface area is 103 Å². The summed E-state index contributed by atoms with van der Waals surface area (Å²) in [6.45, 7) is 2.00. The first-order valence-electron chi connectivity index (χ1n) is 5.39. The van der Waals surface area contributed by atoms with Crippen molar-refractivity contribution in [1.82, 2.24) is 4.37 Å². The molecule has 0 radical (unpaired) electrons. The number of aromatic hydroxyl groups is 1. The van der Waals surface area contributed by atoms with E-state index in [2.05, 4.69) is 22.6 Å². The molecule has 0 fully saturated rings. The van der Waals surface area contributed by atoms with Crippen molar-refractivity contribution in [3.8, 4) is 16.2 Å². The number of phenols is 1. The van der Waals surface area contributed by atoms with Crippen LogP contribution in [0.4, 0.5) is 0 Å². The molecule has 3 rings (SSSR count). The van der Waals surface area contributed by atoms with Crippen LogP contribution in [0.5, 0.6) is 5.75 Å². The van der Waals surface area contributed by atoms with Gasteiger partial charge < -0.3 is 5.11 Å². The maximum atomic E-state index is 9.41. The van der Waals surface area contributed by atoms with Gasteiger partial charge >= 0.3 is 0 Å². The molecule has 1 aromatic heterocycles. The van der Waals surface area contributed by atoms with Crippen molar-refractivity contribution in [2.24, 2.45) is 0 Å². The van der Waals surface area contributed by atoms with E-state index in [1.54, 1.807) is 12.1 Å². The number of phenolic OH excluding ortho intramolecular Hbond substituents is 1. The van der Waals surface area contributed by atoms with Crippen LogP contribution in [0.15, 0.2) is 42.5 Å². The van der Waals surface area contributed by atoms with Crippen LogP contribution in [0.2, 0.25) is 0 Å². The molecular weight excluding hydrogens is 230 g/mol. The molecule has 2 aromatic carbocycles. The standard InChI is InChI=1S/C14H11NOS/c1-9-6-14(17-15-9)12-3-2-11-8-13(16)5-4-10(11)7-12/h2-8,16H,1H3. The van der Waals surface area contributed by atoms with E-state index in [9.17, 15) is 5.11 Å². The molecule has 0 atom stereocenters. The van der Waals surface area contributed by atoms with Gasteiger partial charge in [-0.2, -0.15) is 4.37 Å². The van der Waals surface area contributed by atoms with Gasteiger partial charge in [0, 0.05) is 0 Å². The fraction of sp³-hybridized carbons (Fsp3) is 0.0714. The zero-order valence-corrected chi connectivity index (χ0v) is 10.2. The number of rotatable bonds is 1. The molecule has 0 saturated heterocycles. The van der Waals surface area contributed by atoms with E-state index in [1.807, 2.05) is 19.1 Å². The molecule has 84 valence electrons. The second kappa shape index (κ2) is 3.86. The lowest BCUT2D eigenvalue weighted by atomic mass is 10.1. The quantitative estimate of drug-likeness (QED) is 0.699. The Balaban J connectivity index is 2.16. The SMILES string of the molecule is Cc1cc(-c2ccc3cc(O)ccc3c2)sn1. The van der Waals surface area contributed by atoms with Crippen molar-refractivity contribution >= 4 is 22.3 Å². The second-order valence-electron chi connectivity index (χ2n) is 4.08. The van der Waals surface area contributed by atoms with E-state index < -0.39 is 0 Å². The van der Waals surface area contributed by atoms with Crippen molar-refractivity contribution in [3.63, 3.8) is 0 Å². The number of aromatic nitrogens is 1. The molecule has 0 aliphatic rings. The van der Waals surface area contributed by atoms with Crippen molar-refractivity contribution < 1.29 is 5.11 Å². The van der Waals surface area contributed by atoms with Gasteiger partial charge in [-0.25, -0.2) is 0 Å². The molecular formula is C14H11NOS. The summed E-state index contributed by atoms with van der Waals surface area (Å²) in [5.74, 6) is 0.305. The van der Waals surface area contributed by atoms with Crippen LogP contribution < -0.4 is 0 Å². The molecule has 2 nitrogen and oxygen atoms in total. The highest BCUT2D eigenvalue weighted by atomic mass is 32.1. The summed E-state index contributed by atoms with van der Waals surface area (Å²) in [6.07, 6.45) is 0. The van der Waals surface area contributed by atoms with E-state index in [0.717, 1.165) is 16.5 Å². The van der Waals surface area contributed by atoms with Crippen molar-refractivity contribution in [1.29, 1.82) is 0 Å². The minimum Gasteiger partial charge on any atom is -0.508 e. The summed E-state index contributed by atoms with van der Waals surface area (Å²) in [4.78, 5) is 1.18. The molecule has 1 N–H and O–H groups in total. The van der Waals surface area contributed by atoms with Crippen LogP contribution >= 0.6 is 11.5 Å². The molecule has 0 aliphatic carbocycles. The Morgan fingerprint density at radius 3 is 2.53 bits per heavy atom. The highest BCUT2D eigenvalue weighted by Crippen LogP contribution is 2.29. The predicted octanol–water partition coefficient (Wildman–Crippen LogP) is 3.98. The third kappa shape index (κ3) is 1.89. The summed E-state index contributed by atoms with van der Waals surface area (Å²) < 4.78 is 4.29. The Morgan fingerprint density at radius 1 is 1.00 bits per heavy atom. The van der Waals surface area contributed by atoms with Gasteiger partial charge in [-0.15, -0.1) is 0 Å². The Hall–Kier alpha value is -1.87. The molecule has 0 aliphatic heterocycles. The Bertz CT molecular complexity index is 688. The van der Waals surface area contributed by atoms with Gasteiger partial charge in [-0.05, 0) is 59.1 Å². The second-order valence-corrected chi connectivity index (χ2v) is 4.88. The first-order valence-corrected chi connectivity index (χ1v) is 6.16. The summed E-state index contributed by atoms with van der Waals surface area (Å²) >= 11 is 1.51. The highest BCUT2D eigenvalue weighted by Gasteiger charge is 2.03. The van der Waals surface area contributed by atoms with Gasteiger partial charge in [0.25, 0.3) is 0 Å². The molecule has 0 amide bonds. The number of fused-ring (bicyclic) bond motifs is 1. The van der Waals surface area contributed by atoms with Gasteiger partial charge in [-0.1, -0.05) is 18.2 Å². The molecule has 0 spiro atoms. The number of hydrogen-bond donors (Lipinski definition) is 1. The van der Waals surface area contributed by atoms with Crippen molar-refractivity contribution in [3.05, 3.63) is 48.2 Å². The monoisotopic (exact) mass is 241 g/mol. The summed E-state index contributed by atoms with van der Waals surface area (Å²) in [7, 11) is 0. The van der Waals surface area contributed by atoms with Gasteiger partial charge in [0.1, 0.15) is 5.75 Å². The predicted molar refractivity (Wildman–Crippen MR) is 71.5 cm³/mol. The third-order valence-corrected chi connectivity index (χ3v) is 3.67. The summed E-state index contributed by atoms with van der Waals surface area (Å²) in [5.41, 5.74) is 2.23. The molecule has 0 saturated carbocycles. The fourth-order valence-corrected chi connectivity index (χ4v) is 2.64. The average molecular weight is 241 g/mol. The Kier molecular flexibility index (Phi) is 2.34. The van der Waals surface area contributed by atoms with E-state index >= 15 is 0 Å². The number of hydrogen-bond acceptors (Lipinski definition) is 3. The van der Waals surface area contributed by atoms with Gasteiger partial charge in [-0.3, -0.25) is 0 Å². The van der Waals surface area contributed by atoms with Crippen molar-refractivity contribution in [2.75, 3.05) is 0 Å². The molecule has 1 heterocycles. The lowest BCUT2D eigenvalue weighted by Gasteiger charge is -2.01. The molecule has 0 bridgehead atoms. The van der Waals surface area contributed by atoms with Crippen LogP contribution in [0.3, 0.4) is 0 Å². The molecule has 3 aromatic rings. The first kappa shape index (κ1) is 10.3. The molecule has 0 unspecified atom stereocenters. The number of aryl methyl sites for hydroxylation is 1. The van der Waals surface area contributed by atoms with Gasteiger partial charge in [0.2, 0.25) is 0 Å².